The lowest BCUT2D eigenvalue weighted by Crippen LogP contribution is -2.07. The first-order chi connectivity index (χ1) is 12.7. The van der Waals surface area contributed by atoms with E-state index in [-0.39, 0.29) is 5.97 Å². The maximum atomic E-state index is 11.4. The number of hydrogen-bond donors (Lipinski definition) is 0. The fourth-order valence-electron chi connectivity index (χ4n) is 2.72. The van der Waals surface area contributed by atoms with Crippen molar-refractivity contribution in [2.45, 2.75) is 46.0 Å². The second-order valence-corrected chi connectivity index (χ2v) is 8.30. The number of carbonyl (C=O) groups excluding carboxylic acids is 1. The standard InChI is InChI=1S/C21H26O5S/c1-5-21(22)25-20-13-10-18(14-16(20)3)15(2)6-7-17-8-11-19(12-9-17)26-27(4,23)24/h8-15H,5-7H2,1-4H3. The molecule has 6 heteroatoms. The van der Waals surface area contributed by atoms with Crippen LogP contribution in [0.1, 0.15) is 49.3 Å². The van der Waals surface area contributed by atoms with E-state index in [1.807, 2.05) is 31.2 Å². The summed E-state index contributed by atoms with van der Waals surface area (Å²) in [5, 5.41) is 0. The van der Waals surface area contributed by atoms with E-state index < -0.39 is 10.1 Å². The van der Waals surface area contributed by atoms with E-state index >= 15 is 0 Å². The molecule has 1 atom stereocenters. The Labute approximate surface area is 161 Å². The lowest BCUT2D eigenvalue weighted by atomic mass is 9.93. The van der Waals surface area contributed by atoms with Crippen molar-refractivity contribution < 1.29 is 22.1 Å². The first-order valence-corrected chi connectivity index (χ1v) is 10.8. The summed E-state index contributed by atoms with van der Waals surface area (Å²) in [4.78, 5) is 11.4. The Kier molecular flexibility index (Phi) is 7.02. The number of ether oxygens (including phenoxy) is 1. The Bertz CT molecular complexity index is 885. The molecule has 146 valence electrons. The predicted octanol–water partition coefficient (Wildman–Crippen LogP) is 4.39. The highest BCUT2D eigenvalue weighted by Crippen LogP contribution is 2.27. The lowest BCUT2D eigenvalue weighted by Gasteiger charge is -2.15. The molecule has 0 N–H and O–H groups in total. The molecule has 0 fully saturated rings. The number of benzene rings is 2. The summed E-state index contributed by atoms with van der Waals surface area (Å²) in [5.41, 5.74) is 3.26. The van der Waals surface area contributed by atoms with Gasteiger partial charge >= 0.3 is 16.1 Å². The summed E-state index contributed by atoms with van der Waals surface area (Å²) in [6.07, 6.45) is 3.19. The van der Waals surface area contributed by atoms with Crippen LogP contribution in [-0.2, 0) is 21.3 Å². The average molecular weight is 391 g/mol. The quantitative estimate of drug-likeness (QED) is 0.380. The van der Waals surface area contributed by atoms with Crippen molar-refractivity contribution in [2.75, 3.05) is 6.26 Å². The zero-order chi connectivity index (χ0) is 20.0. The van der Waals surface area contributed by atoms with E-state index in [0.717, 1.165) is 30.2 Å². The highest BCUT2D eigenvalue weighted by Gasteiger charge is 2.11. The Morgan fingerprint density at radius 1 is 1.11 bits per heavy atom. The van der Waals surface area contributed by atoms with Gasteiger partial charge in [-0.3, -0.25) is 4.79 Å². The Hall–Kier alpha value is -2.34. The van der Waals surface area contributed by atoms with Gasteiger partial charge in [0.2, 0.25) is 0 Å². The van der Waals surface area contributed by atoms with Crippen LogP contribution in [0.2, 0.25) is 0 Å². The summed E-state index contributed by atoms with van der Waals surface area (Å²) in [6, 6.07) is 13.0. The first kappa shape index (κ1) is 21.0. The third-order valence-electron chi connectivity index (χ3n) is 4.32. The minimum Gasteiger partial charge on any atom is -0.426 e. The molecule has 2 aromatic carbocycles. The third kappa shape index (κ3) is 6.71. The number of aryl methyl sites for hydroxylation is 2. The van der Waals surface area contributed by atoms with Crippen molar-refractivity contribution in [3.63, 3.8) is 0 Å². The monoisotopic (exact) mass is 390 g/mol. The smallest absolute Gasteiger partial charge is 0.310 e. The SMILES string of the molecule is CCC(=O)Oc1ccc(C(C)CCc2ccc(OS(C)(=O)=O)cc2)cc1C. The molecular weight excluding hydrogens is 364 g/mol. The lowest BCUT2D eigenvalue weighted by molar-refractivity contribution is -0.134. The van der Waals surface area contributed by atoms with Gasteiger partial charge in [0, 0.05) is 6.42 Å². The molecular formula is C21H26O5S. The van der Waals surface area contributed by atoms with Crippen molar-refractivity contribution in [1.82, 2.24) is 0 Å². The molecule has 0 saturated carbocycles. The maximum Gasteiger partial charge on any atom is 0.310 e. The highest BCUT2D eigenvalue weighted by molar-refractivity contribution is 7.86. The van der Waals surface area contributed by atoms with Gasteiger partial charge in [-0.25, -0.2) is 0 Å². The third-order valence-corrected chi connectivity index (χ3v) is 4.81. The van der Waals surface area contributed by atoms with Crippen molar-refractivity contribution in [3.05, 3.63) is 59.2 Å². The van der Waals surface area contributed by atoms with Crippen molar-refractivity contribution >= 4 is 16.1 Å². The molecule has 2 aromatic rings. The van der Waals surface area contributed by atoms with E-state index in [2.05, 4.69) is 13.0 Å². The molecule has 0 radical (unpaired) electrons. The predicted molar refractivity (Wildman–Crippen MR) is 106 cm³/mol. The molecule has 0 aliphatic rings. The van der Waals surface area contributed by atoms with Gasteiger partial charge in [0.15, 0.2) is 0 Å². The van der Waals surface area contributed by atoms with Gasteiger partial charge in [0.05, 0.1) is 6.26 Å². The zero-order valence-corrected chi connectivity index (χ0v) is 17.0. The molecule has 5 nitrogen and oxygen atoms in total. The van der Waals surface area contributed by atoms with Crippen LogP contribution in [0.5, 0.6) is 11.5 Å². The molecule has 0 aliphatic heterocycles. The summed E-state index contributed by atoms with van der Waals surface area (Å²) < 4.78 is 32.4. The van der Waals surface area contributed by atoms with Gasteiger partial charge in [-0.2, -0.15) is 8.42 Å². The zero-order valence-electron chi connectivity index (χ0n) is 16.2. The van der Waals surface area contributed by atoms with Crippen LogP contribution in [0.15, 0.2) is 42.5 Å². The maximum absolute atomic E-state index is 11.4. The number of esters is 1. The molecule has 27 heavy (non-hydrogen) atoms. The van der Waals surface area contributed by atoms with E-state index in [4.69, 9.17) is 8.92 Å². The Balaban J connectivity index is 1.96. The van der Waals surface area contributed by atoms with Gasteiger partial charge in [-0.15, -0.1) is 0 Å². The summed E-state index contributed by atoms with van der Waals surface area (Å²) in [5.74, 6) is 1.04. The van der Waals surface area contributed by atoms with Crippen LogP contribution in [0.4, 0.5) is 0 Å². The van der Waals surface area contributed by atoms with Crippen LogP contribution in [0.25, 0.3) is 0 Å². The van der Waals surface area contributed by atoms with Gasteiger partial charge in [0.25, 0.3) is 0 Å². The molecule has 1 unspecified atom stereocenters. The molecule has 0 heterocycles. The molecule has 0 amide bonds. The van der Waals surface area contributed by atoms with Crippen molar-refractivity contribution in [2.24, 2.45) is 0 Å². The molecule has 0 bridgehead atoms. The van der Waals surface area contributed by atoms with E-state index in [1.54, 1.807) is 19.1 Å². The van der Waals surface area contributed by atoms with Crippen molar-refractivity contribution in [3.8, 4) is 11.5 Å². The number of carbonyl (C=O) groups is 1. The van der Waals surface area contributed by atoms with Gasteiger partial charge in [-0.1, -0.05) is 38.1 Å². The molecule has 0 aliphatic carbocycles. The Morgan fingerprint density at radius 2 is 1.78 bits per heavy atom. The van der Waals surface area contributed by atoms with Crippen LogP contribution < -0.4 is 8.92 Å². The average Bonchev–Trinajstić information content (AvgIpc) is 2.61. The van der Waals surface area contributed by atoms with Crippen molar-refractivity contribution in [1.29, 1.82) is 0 Å². The van der Waals surface area contributed by atoms with Crippen LogP contribution >= 0.6 is 0 Å². The fraction of sp³-hybridized carbons (Fsp3) is 0.381. The topological polar surface area (TPSA) is 69.7 Å². The van der Waals surface area contributed by atoms with Crippen LogP contribution in [0, 0.1) is 6.92 Å². The second-order valence-electron chi connectivity index (χ2n) is 6.72. The molecule has 0 saturated heterocycles. The molecule has 0 aromatic heterocycles. The molecule has 2 rings (SSSR count). The minimum absolute atomic E-state index is 0.234. The summed E-state index contributed by atoms with van der Waals surface area (Å²) >= 11 is 0. The van der Waals surface area contributed by atoms with Crippen LogP contribution in [-0.4, -0.2) is 20.6 Å². The molecule has 0 spiro atoms. The Morgan fingerprint density at radius 3 is 2.33 bits per heavy atom. The van der Waals surface area contributed by atoms with Gasteiger partial charge in [-0.05, 0) is 60.6 Å². The summed E-state index contributed by atoms with van der Waals surface area (Å²) in [7, 11) is -3.50. The first-order valence-electron chi connectivity index (χ1n) is 8.97. The number of rotatable bonds is 8. The van der Waals surface area contributed by atoms with E-state index in [9.17, 15) is 13.2 Å². The second kappa shape index (κ2) is 9.04. The fourth-order valence-corrected chi connectivity index (χ4v) is 3.19. The van der Waals surface area contributed by atoms with Gasteiger partial charge in [0.1, 0.15) is 11.5 Å². The minimum atomic E-state index is -3.50. The van der Waals surface area contributed by atoms with Crippen LogP contribution in [0.3, 0.4) is 0 Å². The largest absolute Gasteiger partial charge is 0.426 e. The van der Waals surface area contributed by atoms with E-state index in [0.29, 0.717) is 23.8 Å². The highest BCUT2D eigenvalue weighted by atomic mass is 32.2. The normalized spacial score (nSPS) is 12.4. The number of hydrogen-bond acceptors (Lipinski definition) is 5. The summed E-state index contributed by atoms with van der Waals surface area (Å²) in [6.45, 7) is 5.87. The van der Waals surface area contributed by atoms with E-state index in [1.165, 1.54) is 5.56 Å². The van der Waals surface area contributed by atoms with Gasteiger partial charge < -0.3 is 8.92 Å².